The Morgan fingerprint density at radius 2 is 2.00 bits per heavy atom. The number of hydrogen-bond donors (Lipinski definition) is 1. The second-order valence-corrected chi connectivity index (χ2v) is 6.08. The number of carbonyl (C=O) groups is 3. The van der Waals surface area contributed by atoms with Gasteiger partial charge in [0.15, 0.2) is 6.61 Å². The topological polar surface area (TPSA) is 75.7 Å². The lowest BCUT2D eigenvalue weighted by Crippen LogP contribution is -2.37. The predicted molar refractivity (Wildman–Crippen MR) is 91.0 cm³/mol. The summed E-state index contributed by atoms with van der Waals surface area (Å²) in [6, 6.07) is 5.49. The molecular formula is C16H21BrN2O4. The van der Waals surface area contributed by atoms with E-state index in [1.54, 1.807) is 6.07 Å². The van der Waals surface area contributed by atoms with Crippen LogP contribution in [0.4, 0.5) is 5.69 Å². The van der Waals surface area contributed by atoms with Crippen LogP contribution in [0.25, 0.3) is 0 Å². The molecule has 0 saturated heterocycles. The molecule has 0 fully saturated rings. The van der Waals surface area contributed by atoms with E-state index in [0.717, 1.165) is 10.0 Å². The zero-order valence-electron chi connectivity index (χ0n) is 13.5. The Balaban J connectivity index is 2.46. The Morgan fingerprint density at radius 1 is 1.30 bits per heavy atom. The summed E-state index contributed by atoms with van der Waals surface area (Å²) < 4.78 is 5.76. The molecule has 6 nitrogen and oxygen atoms in total. The quantitative estimate of drug-likeness (QED) is 0.732. The van der Waals surface area contributed by atoms with Gasteiger partial charge in [-0.3, -0.25) is 14.4 Å². The molecule has 0 bridgehead atoms. The number of amides is 2. The van der Waals surface area contributed by atoms with Crippen molar-refractivity contribution in [3.63, 3.8) is 0 Å². The maximum Gasteiger partial charge on any atom is 0.306 e. The summed E-state index contributed by atoms with van der Waals surface area (Å²) in [4.78, 5) is 36.2. The number of hydrogen-bond acceptors (Lipinski definition) is 4. The van der Waals surface area contributed by atoms with Gasteiger partial charge in [-0.05, 0) is 37.1 Å². The van der Waals surface area contributed by atoms with E-state index in [1.807, 2.05) is 26.0 Å². The standard InChI is InChI=1S/C16H21BrN2O4/c1-4-5-16(22)23-10-15(21)19(3)9-14(20)18-13-7-6-12(17)8-11(13)2/h6-8H,4-5,9-10H2,1-3H3,(H,18,20). The summed E-state index contributed by atoms with van der Waals surface area (Å²) in [5.74, 6) is -1.15. The van der Waals surface area contributed by atoms with Crippen LogP contribution < -0.4 is 5.32 Å². The van der Waals surface area contributed by atoms with Gasteiger partial charge >= 0.3 is 5.97 Å². The molecular weight excluding hydrogens is 364 g/mol. The second-order valence-electron chi connectivity index (χ2n) is 5.17. The molecule has 0 unspecified atom stereocenters. The van der Waals surface area contributed by atoms with Crippen LogP contribution in [-0.2, 0) is 19.1 Å². The van der Waals surface area contributed by atoms with Crippen LogP contribution in [0, 0.1) is 6.92 Å². The Kier molecular flexibility index (Phi) is 7.74. The van der Waals surface area contributed by atoms with Crippen LogP contribution in [0.3, 0.4) is 0 Å². The minimum atomic E-state index is -0.419. The van der Waals surface area contributed by atoms with E-state index in [4.69, 9.17) is 4.74 Å². The normalized spacial score (nSPS) is 10.1. The molecule has 0 aliphatic carbocycles. The molecule has 126 valence electrons. The van der Waals surface area contributed by atoms with Crippen LogP contribution in [0.15, 0.2) is 22.7 Å². The lowest BCUT2D eigenvalue weighted by atomic mass is 10.2. The van der Waals surface area contributed by atoms with Gasteiger partial charge in [-0.25, -0.2) is 0 Å². The summed E-state index contributed by atoms with van der Waals surface area (Å²) in [5, 5.41) is 2.75. The van der Waals surface area contributed by atoms with Crippen molar-refractivity contribution in [2.45, 2.75) is 26.7 Å². The first-order valence-corrected chi connectivity index (χ1v) is 8.08. The van der Waals surface area contributed by atoms with Gasteiger partial charge in [-0.1, -0.05) is 22.9 Å². The number of carbonyl (C=O) groups excluding carboxylic acids is 3. The third kappa shape index (κ3) is 6.81. The molecule has 1 aromatic rings. The lowest BCUT2D eigenvalue weighted by molar-refractivity contribution is -0.151. The van der Waals surface area contributed by atoms with Crippen molar-refractivity contribution < 1.29 is 19.1 Å². The van der Waals surface area contributed by atoms with E-state index >= 15 is 0 Å². The molecule has 0 spiro atoms. The van der Waals surface area contributed by atoms with Gasteiger partial charge in [0, 0.05) is 23.6 Å². The molecule has 1 N–H and O–H groups in total. The number of rotatable bonds is 7. The number of likely N-dealkylation sites (N-methyl/N-ethyl adjacent to an activating group) is 1. The van der Waals surface area contributed by atoms with Crippen molar-refractivity contribution in [1.82, 2.24) is 4.90 Å². The summed E-state index contributed by atoms with van der Waals surface area (Å²) in [7, 11) is 1.49. The average Bonchev–Trinajstić information content (AvgIpc) is 2.48. The number of nitrogens with zero attached hydrogens (tertiary/aromatic N) is 1. The summed E-state index contributed by atoms with van der Waals surface area (Å²) in [6.07, 6.45) is 0.943. The molecule has 0 atom stereocenters. The molecule has 23 heavy (non-hydrogen) atoms. The van der Waals surface area contributed by atoms with E-state index in [1.165, 1.54) is 11.9 Å². The summed E-state index contributed by atoms with van der Waals surface area (Å²) in [5.41, 5.74) is 1.60. The minimum absolute atomic E-state index is 0.111. The molecule has 1 aromatic carbocycles. The summed E-state index contributed by atoms with van der Waals surface area (Å²) >= 11 is 3.35. The molecule has 0 heterocycles. The SMILES string of the molecule is CCCC(=O)OCC(=O)N(C)CC(=O)Nc1ccc(Br)cc1C. The number of aryl methyl sites for hydroxylation is 1. The molecule has 2 amide bonds. The first-order valence-electron chi connectivity index (χ1n) is 7.29. The van der Waals surface area contributed by atoms with Crippen molar-refractivity contribution in [2.24, 2.45) is 0 Å². The molecule has 0 aromatic heterocycles. The Morgan fingerprint density at radius 3 is 2.61 bits per heavy atom. The Hall–Kier alpha value is -1.89. The highest BCUT2D eigenvalue weighted by Crippen LogP contribution is 2.19. The number of halogens is 1. The third-order valence-corrected chi connectivity index (χ3v) is 3.57. The fourth-order valence-corrected chi connectivity index (χ4v) is 2.26. The van der Waals surface area contributed by atoms with Crippen LogP contribution in [0.1, 0.15) is 25.3 Å². The van der Waals surface area contributed by atoms with Gasteiger partial charge < -0.3 is 15.0 Å². The van der Waals surface area contributed by atoms with Gasteiger partial charge in [0.25, 0.3) is 5.91 Å². The smallest absolute Gasteiger partial charge is 0.306 e. The highest BCUT2D eigenvalue weighted by atomic mass is 79.9. The van der Waals surface area contributed by atoms with Crippen LogP contribution in [0.5, 0.6) is 0 Å². The third-order valence-electron chi connectivity index (χ3n) is 3.08. The van der Waals surface area contributed by atoms with Crippen LogP contribution in [-0.4, -0.2) is 42.9 Å². The minimum Gasteiger partial charge on any atom is -0.456 e. The highest BCUT2D eigenvalue weighted by molar-refractivity contribution is 9.10. The zero-order chi connectivity index (χ0) is 17.4. The molecule has 1 rings (SSSR count). The fourth-order valence-electron chi connectivity index (χ4n) is 1.79. The van der Waals surface area contributed by atoms with E-state index in [-0.39, 0.29) is 25.5 Å². The average molecular weight is 385 g/mol. The van der Waals surface area contributed by atoms with Gasteiger partial charge in [0.1, 0.15) is 0 Å². The Bertz CT molecular complexity index is 589. The van der Waals surface area contributed by atoms with E-state index in [0.29, 0.717) is 12.1 Å². The van der Waals surface area contributed by atoms with E-state index < -0.39 is 11.9 Å². The predicted octanol–water partition coefficient (Wildman–Crippen LogP) is 2.50. The molecule has 0 radical (unpaired) electrons. The van der Waals surface area contributed by atoms with Gasteiger partial charge in [-0.2, -0.15) is 0 Å². The van der Waals surface area contributed by atoms with Gasteiger partial charge in [0.2, 0.25) is 5.91 Å². The van der Waals surface area contributed by atoms with Crippen LogP contribution in [0.2, 0.25) is 0 Å². The second kappa shape index (κ2) is 9.29. The van der Waals surface area contributed by atoms with E-state index in [9.17, 15) is 14.4 Å². The zero-order valence-corrected chi connectivity index (χ0v) is 15.1. The van der Waals surface area contributed by atoms with Gasteiger partial charge in [-0.15, -0.1) is 0 Å². The van der Waals surface area contributed by atoms with Crippen LogP contribution >= 0.6 is 15.9 Å². The first-order chi connectivity index (χ1) is 10.8. The van der Waals surface area contributed by atoms with Crippen molar-refractivity contribution in [1.29, 1.82) is 0 Å². The largest absolute Gasteiger partial charge is 0.456 e. The monoisotopic (exact) mass is 384 g/mol. The number of benzene rings is 1. The van der Waals surface area contributed by atoms with Crippen molar-refractivity contribution in [3.8, 4) is 0 Å². The first kappa shape index (κ1) is 19.2. The number of nitrogens with one attached hydrogen (secondary N) is 1. The summed E-state index contributed by atoms with van der Waals surface area (Å²) in [6.45, 7) is 3.27. The Labute approximate surface area is 144 Å². The lowest BCUT2D eigenvalue weighted by Gasteiger charge is -2.17. The molecule has 7 heteroatoms. The van der Waals surface area contributed by atoms with E-state index in [2.05, 4.69) is 21.2 Å². The maximum absolute atomic E-state index is 12.0. The maximum atomic E-state index is 12.0. The van der Waals surface area contributed by atoms with Gasteiger partial charge in [0.05, 0.1) is 6.54 Å². The van der Waals surface area contributed by atoms with Crippen molar-refractivity contribution in [2.75, 3.05) is 25.5 Å². The fraction of sp³-hybridized carbons (Fsp3) is 0.438. The number of ether oxygens (including phenoxy) is 1. The number of anilines is 1. The van der Waals surface area contributed by atoms with Crippen molar-refractivity contribution in [3.05, 3.63) is 28.2 Å². The molecule has 0 saturated carbocycles. The van der Waals surface area contributed by atoms with Crippen molar-refractivity contribution >= 4 is 39.4 Å². The molecule has 0 aliphatic heterocycles. The number of esters is 1. The molecule has 0 aliphatic rings. The highest BCUT2D eigenvalue weighted by Gasteiger charge is 2.15.